The maximum absolute atomic E-state index is 13.1. The fourth-order valence-corrected chi connectivity index (χ4v) is 3.67. The zero-order valence-corrected chi connectivity index (χ0v) is 14.3. The topological polar surface area (TPSA) is 59.8 Å². The van der Waals surface area contributed by atoms with E-state index in [9.17, 15) is 18.0 Å². The number of alkyl halides is 3. The Bertz CT molecular complexity index is 912. The Morgan fingerprint density at radius 1 is 1.19 bits per heavy atom. The second kappa shape index (κ2) is 5.43. The summed E-state index contributed by atoms with van der Waals surface area (Å²) in [5, 5.41) is 6.60. The lowest BCUT2D eigenvalue weighted by Gasteiger charge is -2.38. The van der Waals surface area contributed by atoms with Crippen LogP contribution in [0.2, 0.25) is 0 Å². The van der Waals surface area contributed by atoms with Crippen LogP contribution in [0.5, 0.6) is 0 Å². The van der Waals surface area contributed by atoms with Crippen molar-refractivity contribution in [3.8, 4) is 0 Å². The molecule has 5 nitrogen and oxygen atoms in total. The molecule has 1 aromatic carbocycles. The van der Waals surface area contributed by atoms with Crippen LogP contribution in [0.4, 0.5) is 19.1 Å². The number of ketones is 1. The molecule has 0 radical (unpaired) electrons. The number of anilines is 1. The normalized spacial score (nSPS) is 21.9. The first-order valence-corrected chi connectivity index (χ1v) is 8.28. The fraction of sp³-hybridized carbons (Fsp3) is 0.389. The molecule has 4 rings (SSSR count). The third-order valence-corrected chi connectivity index (χ3v) is 4.70. The van der Waals surface area contributed by atoms with Crippen LogP contribution in [0.3, 0.4) is 0 Å². The Labute approximate surface area is 147 Å². The number of Topliss-reactive ketones (excluding diaryl/α,β-unsaturated/α-hetero) is 1. The number of carbonyl (C=O) groups excluding carboxylic acids is 1. The van der Waals surface area contributed by atoms with Crippen LogP contribution in [0, 0.1) is 5.41 Å². The lowest BCUT2D eigenvalue weighted by atomic mass is 9.73. The summed E-state index contributed by atoms with van der Waals surface area (Å²) in [7, 11) is 0. The van der Waals surface area contributed by atoms with Gasteiger partial charge in [0.15, 0.2) is 5.78 Å². The molecule has 8 heteroatoms. The summed E-state index contributed by atoms with van der Waals surface area (Å²) in [5.74, 6) is -1.28. The van der Waals surface area contributed by atoms with Gasteiger partial charge in [0.25, 0.3) is 5.82 Å². The van der Waals surface area contributed by atoms with Crippen molar-refractivity contribution in [3.05, 3.63) is 53.0 Å². The number of benzene rings is 1. The van der Waals surface area contributed by atoms with Crippen molar-refractivity contribution in [2.24, 2.45) is 5.41 Å². The zero-order valence-electron chi connectivity index (χ0n) is 14.3. The van der Waals surface area contributed by atoms with Gasteiger partial charge in [0.05, 0.1) is 0 Å². The van der Waals surface area contributed by atoms with Crippen LogP contribution >= 0.6 is 0 Å². The lowest BCUT2D eigenvalue weighted by molar-refractivity contribution is -0.145. The van der Waals surface area contributed by atoms with Gasteiger partial charge in [0.2, 0.25) is 5.95 Å². The maximum atomic E-state index is 13.1. The van der Waals surface area contributed by atoms with Crippen LogP contribution in [0.1, 0.15) is 44.1 Å². The molecule has 1 aliphatic carbocycles. The van der Waals surface area contributed by atoms with Crippen LogP contribution < -0.4 is 5.32 Å². The Balaban J connectivity index is 1.91. The first kappa shape index (κ1) is 16.8. The highest BCUT2D eigenvalue weighted by Crippen LogP contribution is 2.45. The quantitative estimate of drug-likeness (QED) is 0.834. The number of hydrogen-bond donors (Lipinski definition) is 1. The highest BCUT2D eigenvalue weighted by molar-refractivity contribution is 6.00. The summed E-state index contributed by atoms with van der Waals surface area (Å²) in [6.07, 6.45) is -3.75. The summed E-state index contributed by atoms with van der Waals surface area (Å²) < 4.78 is 40.6. The van der Waals surface area contributed by atoms with E-state index in [0.29, 0.717) is 29.7 Å². The van der Waals surface area contributed by atoms with Gasteiger partial charge in [0.1, 0.15) is 6.04 Å². The Morgan fingerprint density at radius 3 is 2.54 bits per heavy atom. The van der Waals surface area contributed by atoms with Gasteiger partial charge < -0.3 is 5.32 Å². The molecule has 136 valence electrons. The third-order valence-electron chi connectivity index (χ3n) is 4.70. The molecule has 1 unspecified atom stereocenters. The van der Waals surface area contributed by atoms with E-state index >= 15 is 0 Å². The number of nitrogens with one attached hydrogen (secondary N) is 1. The van der Waals surface area contributed by atoms with Gasteiger partial charge in [-0.3, -0.25) is 4.79 Å². The average Bonchev–Trinajstić information content (AvgIpc) is 2.96. The van der Waals surface area contributed by atoms with E-state index in [-0.39, 0.29) is 17.1 Å². The van der Waals surface area contributed by atoms with Crippen LogP contribution in [0.25, 0.3) is 0 Å². The molecule has 2 heterocycles. The van der Waals surface area contributed by atoms with E-state index in [1.165, 1.54) is 4.68 Å². The minimum atomic E-state index is -4.66. The van der Waals surface area contributed by atoms with Gasteiger partial charge in [0, 0.05) is 17.7 Å². The molecule has 1 aromatic heterocycles. The molecule has 1 aliphatic heterocycles. The predicted octanol–water partition coefficient (Wildman–Crippen LogP) is 3.96. The van der Waals surface area contributed by atoms with E-state index in [4.69, 9.17) is 0 Å². The molecule has 0 amide bonds. The largest absolute Gasteiger partial charge is 0.453 e. The molecule has 0 spiro atoms. The van der Waals surface area contributed by atoms with Crippen LogP contribution in [-0.2, 0) is 11.0 Å². The fourth-order valence-electron chi connectivity index (χ4n) is 3.67. The van der Waals surface area contributed by atoms with E-state index in [1.54, 1.807) is 24.3 Å². The van der Waals surface area contributed by atoms with Gasteiger partial charge in [-0.25, -0.2) is 4.68 Å². The van der Waals surface area contributed by atoms with Crippen molar-refractivity contribution in [1.29, 1.82) is 0 Å². The zero-order chi connectivity index (χ0) is 18.7. The third kappa shape index (κ3) is 2.69. The van der Waals surface area contributed by atoms with E-state index in [0.717, 1.165) is 0 Å². The molecule has 0 saturated carbocycles. The van der Waals surface area contributed by atoms with Crippen molar-refractivity contribution in [2.45, 2.75) is 38.9 Å². The first-order valence-electron chi connectivity index (χ1n) is 8.28. The minimum Gasteiger partial charge on any atom is -0.328 e. The second-order valence-corrected chi connectivity index (χ2v) is 7.47. The highest BCUT2D eigenvalue weighted by atomic mass is 19.4. The number of nitrogens with zero attached hydrogens (tertiary/aromatic N) is 3. The van der Waals surface area contributed by atoms with Gasteiger partial charge in [-0.05, 0) is 17.4 Å². The number of allylic oxidation sites excluding steroid dienone is 2. The molecule has 1 N–H and O–H groups in total. The van der Waals surface area contributed by atoms with Crippen molar-refractivity contribution in [1.82, 2.24) is 14.8 Å². The number of aromatic nitrogens is 3. The van der Waals surface area contributed by atoms with Crippen molar-refractivity contribution < 1.29 is 18.0 Å². The maximum Gasteiger partial charge on any atom is 0.453 e. The van der Waals surface area contributed by atoms with Gasteiger partial charge in [-0.2, -0.15) is 18.2 Å². The van der Waals surface area contributed by atoms with Crippen molar-refractivity contribution in [3.63, 3.8) is 0 Å². The second-order valence-electron chi connectivity index (χ2n) is 7.47. The van der Waals surface area contributed by atoms with Crippen LogP contribution in [-0.4, -0.2) is 20.5 Å². The smallest absolute Gasteiger partial charge is 0.328 e. The molecular formula is C18H17F3N4O. The number of fused-ring (bicyclic) bond motifs is 1. The number of carbonyl (C=O) groups is 1. The Hall–Kier alpha value is -2.64. The highest BCUT2D eigenvalue weighted by Gasteiger charge is 2.44. The molecule has 26 heavy (non-hydrogen) atoms. The first-order chi connectivity index (χ1) is 12.2. The van der Waals surface area contributed by atoms with E-state index < -0.39 is 18.0 Å². The summed E-state index contributed by atoms with van der Waals surface area (Å²) >= 11 is 0. The molecule has 1 atom stereocenters. The molecular weight excluding hydrogens is 345 g/mol. The van der Waals surface area contributed by atoms with Gasteiger partial charge in [-0.15, -0.1) is 5.10 Å². The van der Waals surface area contributed by atoms with E-state index in [1.807, 2.05) is 19.9 Å². The SMILES string of the molecule is CC1(C)CC(=O)C2=C(C1)Nc1nc(C(F)(F)F)nn1C2c1ccccc1. The van der Waals surface area contributed by atoms with Crippen molar-refractivity contribution >= 4 is 11.7 Å². The summed E-state index contributed by atoms with van der Waals surface area (Å²) in [5.41, 5.74) is 1.55. The van der Waals surface area contributed by atoms with E-state index in [2.05, 4.69) is 15.4 Å². The monoisotopic (exact) mass is 362 g/mol. The number of rotatable bonds is 1. The Morgan fingerprint density at radius 2 is 1.88 bits per heavy atom. The molecule has 0 fully saturated rings. The summed E-state index contributed by atoms with van der Waals surface area (Å²) in [6, 6.07) is 8.25. The Kier molecular flexibility index (Phi) is 3.51. The molecule has 2 aliphatic rings. The number of hydrogen-bond acceptors (Lipinski definition) is 4. The van der Waals surface area contributed by atoms with Crippen LogP contribution in [0.15, 0.2) is 41.6 Å². The average molecular weight is 362 g/mol. The standard InChI is InChI=1S/C18H17F3N4O/c1-17(2)8-11-13(12(26)9-17)14(10-6-4-3-5-7-10)25-16(22-11)23-15(24-25)18(19,20)21/h3-7,14H,8-9H2,1-2H3,(H,22,23,24). The van der Waals surface area contributed by atoms with Gasteiger partial charge in [-0.1, -0.05) is 44.2 Å². The minimum absolute atomic E-state index is 0.00966. The molecule has 2 aromatic rings. The van der Waals surface area contributed by atoms with Gasteiger partial charge >= 0.3 is 6.18 Å². The summed E-state index contributed by atoms with van der Waals surface area (Å²) in [6.45, 7) is 3.93. The lowest BCUT2D eigenvalue weighted by Crippen LogP contribution is -2.36. The molecule has 0 saturated heterocycles. The summed E-state index contributed by atoms with van der Waals surface area (Å²) in [4.78, 5) is 16.5. The predicted molar refractivity (Wildman–Crippen MR) is 88.3 cm³/mol. The molecule has 0 bridgehead atoms. The number of halogens is 3. The van der Waals surface area contributed by atoms with Crippen molar-refractivity contribution in [2.75, 3.05) is 5.32 Å².